The SMILES string of the molecule is O=C1NC(=O)N(Cc2ccccc2)C(=O)C1c1ccccc1.[H-].[Na+]. The Morgan fingerprint density at radius 1 is 0.913 bits per heavy atom. The van der Waals surface area contributed by atoms with Gasteiger partial charge in [0.05, 0.1) is 6.54 Å². The molecule has 112 valence electrons. The van der Waals surface area contributed by atoms with Crippen LogP contribution >= 0.6 is 0 Å². The Morgan fingerprint density at radius 2 is 1.48 bits per heavy atom. The molecule has 3 rings (SSSR count). The van der Waals surface area contributed by atoms with Gasteiger partial charge in [-0.3, -0.25) is 19.8 Å². The maximum absolute atomic E-state index is 12.6. The minimum absolute atomic E-state index is 0. The largest absolute Gasteiger partial charge is 1.00 e. The molecule has 1 N–H and O–H groups in total. The second-order valence-electron chi connectivity index (χ2n) is 5.05. The molecule has 0 bridgehead atoms. The maximum atomic E-state index is 12.6. The number of barbiturate groups is 1. The zero-order valence-electron chi connectivity index (χ0n) is 13.7. The van der Waals surface area contributed by atoms with E-state index in [9.17, 15) is 14.4 Å². The van der Waals surface area contributed by atoms with E-state index in [1.165, 1.54) is 0 Å². The van der Waals surface area contributed by atoms with Crippen molar-refractivity contribution in [2.75, 3.05) is 0 Å². The van der Waals surface area contributed by atoms with E-state index in [0.717, 1.165) is 10.5 Å². The van der Waals surface area contributed by atoms with E-state index < -0.39 is 23.8 Å². The van der Waals surface area contributed by atoms with Gasteiger partial charge in [-0.1, -0.05) is 60.7 Å². The fourth-order valence-corrected chi connectivity index (χ4v) is 2.47. The number of hydrogen-bond donors (Lipinski definition) is 1. The average Bonchev–Trinajstić information content (AvgIpc) is 2.53. The van der Waals surface area contributed by atoms with Crippen molar-refractivity contribution in [1.29, 1.82) is 0 Å². The smallest absolute Gasteiger partial charge is 1.00 e. The molecule has 0 aromatic heterocycles. The van der Waals surface area contributed by atoms with Crippen LogP contribution in [0.2, 0.25) is 0 Å². The third kappa shape index (κ3) is 3.69. The minimum atomic E-state index is -0.984. The molecule has 2 aromatic carbocycles. The molecule has 1 aliphatic heterocycles. The van der Waals surface area contributed by atoms with Crippen molar-refractivity contribution in [2.45, 2.75) is 12.5 Å². The van der Waals surface area contributed by atoms with Gasteiger partial charge in [-0.2, -0.15) is 0 Å². The molecule has 5 nitrogen and oxygen atoms in total. The quantitative estimate of drug-likeness (QED) is 0.593. The second-order valence-corrected chi connectivity index (χ2v) is 5.05. The number of carbonyl (C=O) groups excluding carboxylic acids is 3. The van der Waals surface area contributed by atoms with Gasteiger partial charge in [-0.05, 0) is 11.1 Å². The van der Waals surface area contributed by atoms with Crippen LogP contribution in [0, 0.1) is 0 Å². The molecule has 1 heterocycles. The summed E-state index contributed by atoms with van der Waals surface area (Å²) in [6.07, 6.45) is 0. The van der Waals surface area contributed by atoms with Gasteiger partial charge >= 0.3 is 35.6 Å². The summed E-state index contributed by atoms with van der Waals surface area (Å²) >= 11 is 0. The van der Waals surface area contributed by atoms with Crippen molar-refractivity contribution < 1.29 is 45.4 Å². The van der Waals surface area contributed by atoms with Crippen LogP contribution in [-0.2, 0) is 16.1 Å². The molecular weight excluding hydrogens is 303 g/mol. The van der Waals surface area contributed by atoms with Gasteiger partial charge in [0.25, 0.3) is 0 Å². The van der Waals surface area contributed by atoms with E-state index >= 15 is 0 Å². The second kappa shape index (κ2) is 7.55. The van der Waals surface area contributed by atoms with Crippen LogP contribution in [0.25, 0.3) is 0 Å². The topological polar surface area (TPSA) is 66.5 Å². The number of rotatable bonds is 3. The molecule has 0 spiro atoms. The van der Waals surface area contributed by atoms with Gasteiger partial charge in [0.15, 0.2) is 0 Å². The summed E-state index contributed by atoms with van der Waals surface area (Å²) in [6.45, 7) is 0.141. The molecule has 1 atom stereocenters. The number of hydrogen-bond acceptors (Lipinski definition) is 3. The maximum Gasteiger partial charge on any atom is 1.00 e. The van der Waals surface area contributed by atoms with Crippen LogP contribution in [0.4, 0.5) is 4.79 Å². The summed E-state index contributed by atoms with van der Waals surface area (Å²) in [5.74, 6) is -2.06. The third-order valence-electron chi connectivity index (χ3n) is 3.57. The van der Waals surface area contributed by atoms with Gasteiger partial charge in [-0.15, -0.1) is 0 Å². The van der Waals surface area contributed by atoms with Crippen molar-refractivity contribution in [3.05, 3.63) is 71.8 Å². The Hall–Kier alpha value is -1.95. The summed E-state index contributed by atoms with van der Waals surface area (Å²) in [4.78, 5) is 37.7. The predicted molar refractivity (Wildman–Crippen MR) is 80.8 cm³/mol. The number of carbonyl (C=O) groups is 3. The van der Waals surface area contributed by atoms with E-state index in [4.69, 9.17) is 0 Å². The summed E-state index contributed by atoms with van der Waals surface area (Å²) in [5, 5.41) is 2.26. The van der Waals surface area contributed by atoms with E-state index in [1.54, 1.807) is 24.3 Å². The predicted octanol–water partition coefficient (Wildman–Crippen LogP) is -0.835. The van der Waals surface area contributed by atoms with Crippen LogP contribution in [0.1, 0.15) is 18.5 Å². The van der Waals surface area contributed by atoms with Gasteiger partial charge in [0.2, 0.25) is 11.8 Å². The van der Waals surface area contributed by atoms with Crippen molar-refractivity contribution in [1.82, 2.24) is 10.2 Å². The van der Waals surface area contributed by atoms with Crippen LogP contribution in [0.15, 0.2) is 60.7 Å². The van der Waals surface area contributed by atoms with Crippen molar-refractivity contribution in [2.24, 2.45) is 0 Å². The Balaban J connectivity index is 0.00000144. The molecule has 1 fully saturated rings. The molecule has 1 saturated heterocycles. The monoisotopic (exact) mass is 318 g/mol. The first-order chi connectivity index (χ1) is 10.7. The number of amides is 4. The molecular formula is C17H15N2NaO3. The zero-order chi connectivity index (χ0) is 15.5. The van der Waals surface area contributed by atoms with E-state index in [2.05, 4.69) is 5.32 Å². The number of urea groups is 1. The van der Waals surface area contributed by atoms with Crippen LogP contribution in [-0.4, -0.2) is 22.7 Å². The first-order valence-electron chi connectivity index (χ1n) is 6.92. The van der Waals surface area contributed by atoms with Gasteiger partial charge < -0.3 is 1.43 Å². The molecule has 1 aliphatic rings. The van der Waals surface area contributed by atoms with Gasteiger partial charge in [-0.25, -0.2) is 4.79 Å². The van der Waals surface area contributed by atoms with Crippen molar-refractivity contribution in [3.63, 3.8) is 0 Å². The van der Waals surface area contributed by atoms with Crippen LogP contribution < -0.4 is 34.9 Å². The molecule has 0 aliphatic carbocycles. The minimum Gasteiger partial charge on any atom is -1.00 e. The molecule has 1 unspecified atom stereocenters. The van der Waals surface area contributed by atoms with Gasteiger partial charge in [0.1, 0.15) is 5.92 Å². The van der Waals surface area contributed by atoms with E-state index in [0.29, 0.717) is 5.56 Å². The first-order valence-corrected chi connectivity index (χ1v) is 6.92. The summed E-state index contributed by atoms with van der Waals surface area (Å²) in [5.41, 5.74) is 1.41. The fraction of sp³-hybridized carbons (Fsp3) is 0.118. The number of nitrogens with one attached hydrogen (secondary N) is 1. The van der Waals surface area contributed by atoms with E-state index in [1.807, 2.05) is 36.4 Å². The van der Waals surface area contributed by atoms with E-state index in [-0.39, 0.29) is 37.5 Å². The summed E-state index contributed by atoms with van der Waals surface area (Å²) in [6, 6.07) is 17.2. The van der Waals surface area contributed by atoms with Crippen molar-refractivity contribution in [3.8, 4) is 0 Å². The molecule has 23 heavy (non-hydrogen) atoms. The fourth-order valence-electron chi connectivity index (χ4n) is 2.47. The number of nitrogens with zero attached hydrogens (tertiary/aromatic N) is 1. The molecule has 4 amide bonds. The Kier molecular flexibility index (Phi) is 5.71. The molecule has 0 radical (unpaired) electrons. The van der Waals surface area contributed by atoms with Crippen LogP contribution in [0.3, 0.4) is 0 Å². The Morgan fingerprint density at radius 3 is 2.09 bits per heavy atom. The molecule has 6 heteroatoms. The Bertz CT molecular complexity index is 725. The third-order valence-corrected chi connectivity index (χ3v) is 3.57. The average molecular weight is 318 g/mol. The molecule has 0 saturated carbocycles. The zero-order valence-corrected chi connectivity index (χ0v) is 14.7. The summed E-state index contributed by atoms with van der Waals surface area (Å²) in [7, 11) is 0. The first kappa shape index (κ1) is 17.4. The number of imide groups is 2. The normalized spacial score (nSPS) is 17.5. The van der Waals surface area contributed by atoms with Crippen molar-refractivity contribution >= 4 is 17.8 Å². The number of benzene rings is 2. The summed E-state index contributed by atoms with van der Waals surface area (Å²) < 4.78 is 0. The molecule has 2 aromatic rings. The standard InChI is InChI=1S/C17H14N2O3.Na.H/c20-15-14(13-9-5-2-6-10-13)16(21)19(17(22)18-15)11-12-7-3-1-4-8-12;;/h1-10,14H,11H2,(H,18,20,22);;/q;+1;-1. The van der Waals surface area contributed by atoms with Crippen LogP contribution in [0.5, 0.6) is 0 Å². The van der Waals surface area contributed by atoms with Gasteiger partial charge in [0, 0.05) is 0 Å². The Labute approximate surface area is 157 Å².